The molecule has 0 rings (SSSR count). The zero-order valence-corrected chi connectivity index (χ0v) is 8.66. The zero-order valence-electron chi connectivity index (χ0n) is 2.80. The summed E-state index contributed by atoms with van der Waals surface area (Å²) in [4.78, 5) is 0. The molecular formula is HCeO3SiTi. The molecule has 0 aromatic carbocycles. The Kier molecular flexibility index (Phi) is 28.2. The second-order valence-corrected chi connectivity index (χ2v) is 5.15. The van der Waals surface area contributed by atoms with Crippen molar-refractivity contribution in [1.29, 1.82) is 0 Å². The van der Waals surface area contributed by atoms with Crippen molar-refractivity contribution >= 4 is 3.83 Å². The summed E-state index contributed by atoms with van der Waals surface area (Å²) >= 11 is -0.906. The maximum atomic E-state index is 9.22. The predicted molar refractivity (Wildman–Crippen MR) is 9.21 cm³/mol. The average molecular weight is 265 g/mol. The third-order valence-electron chi connectivity index (χ3n) is 0.0481. The minimum atomic E-state index is -1.66. The topological polar surface area (TPSA) is 51.2 Å². The van der Waals surface area contributed by atoms with E-state index in [1.165, 1.54) is 0 Å². The Bertz CT molecular complexity index is 40.1. The van der Waals surface area contributed by atoms with E-state index >= 15 is 0 Å². The first-order chi connectivity index (χ1) is 2.91. The molecule has 0 aliphatic carbocycles. The van der Waals surface area contributed by atoms with Gasteiger partial charge in [0.1, 0.15) is 0 Å². The van der Waals surface area contributed by atoms with Gasteiger partial charge in [0.2, 0.25) is 0 Å². The van der Waals surface area contributed by atoms with Crippen LogP contribution in [0.2, 0.25) is 0 Å². The summed E-state index contributed by atoms with van der Waals surface area (Å²) in [6.45, 7) is 0. The van der Waals surface area contributed by atoms with Crippen molar-refractivity contribution in [3.63, 3.8) is 0 Å². The van der Waals surface area contributed by atoms with Crippen molar-refractivity contribution < 1.29 is 65.7 Å². The van der Waals surface area contributed by atoms with Crippen LogP contribution in [0.1, 0.15) is 0 Å². The Labute approximate surface area is 68.1 Å². The fraction of sp³-hybridized carbons (Fsp3) is 0. The van der Waals surface area contributed by atoms with E-state index in [1.807, 2.05) is 0 Å². The summed E-state index contributed by atoms with van der Waals surface area (Å²) in [5, 5.41) is 0. The number of hydrogen-bond donors (Lipinski definition) is 0. The second-order valence-electron chi connectivity index (χ2n) is 0.236. The quantitative estimate of drug-likeness (QED) is 0.571. The van der Waals surface area contributed by atoms with Gasteiger partial charge in [0, 0.05) is 0 Å². The SMILES string of the molecule is O=[SiH][Ce]=[O].[O]=[Ti]. The van der Waals surface area contributed by atoms with Crippen LogP contribution in [0.15, 0.2) is 0 Å². The molecule has 0 atom stereocenters. The summed E-state index contributed by atoms with van der Waals surface area (Å²) in [6, 6.07) is 0. The molecule has 0 aliphatic rings. The van der Waals surface area contributed by atoms with Gasteiger partial charge in [-0.2, -0.15) is 0 Å². The van der Waals surface area contributed by atoms with Crippen molar-refractivity contribution in [2.24, 2.45) is 0 Å². The molecule has 0 aliphatic heterocycles. The van der Waals surface area contributed by atoms with Gasteiger partial charge in [0.15, 0.2) is 0 Å². The van der Waals surface area contributed by atoms with Crippen LogP contribution < -0.4 is 0 Å². The molecule has 0 unspecified atom stereocenters. The van der Waals surface area contributed by atoms with Gasteiger partial charge in [0.05, 0.1) is 0 Å². The Balaban J connectivity index is 0. The van der Waals surface area contributed by atoms with Gasteiger partial charge in [-0.3, -0.25) is 0 Å². The van der Waals surface area contributed by atoms with Crippen LogP contribution in [0.3, 0.4) is 0 Å². The first-order valence-electron chi connectivity index (χ1n) is 0.933. The van der Waals surface area contributed by atoms with E-state index in [4.69, 9.17) is 7.79 Å². The fourth-order valence-corrected chi connectivity index (χ4v) is 0. The van der Waals surface area contributed by atoms with Crippen LogP contribution in [0.5, 0.6) is 0 Å². The standard InChI is InChI=1S/Ce.HOSi.2O.Ti/c;1-2;;;/h;2H;;;. The van der Waals surface area contributed by atoms with Crippen molar-refractivity contribution in [2.45, 2.75) is 0 Å². The Morgan fingerprint density at radius 1 is 1.50 bits per heavy atom. The molecule has 0 amide bonds. The van der Waals surface area contributed by atoms with Gasteiger partial charge in [-0.15, -0.1) is 0 Å². The van der Waals surface area contributed by atoms with Gasteiger partial charge in [-0.25, -0.2) is 0 Å². The molecule has 0 aromatic heterocycles. The van der Waals surface area contributed by atoms with Gasteiger partial charge in [-0.05, 0) is 0 Å². The molecule has 0 fully saturated rings. The van der Waals surface area contributed by atoms with Crippen LogP contribution in [0, 0.1) is 36.6 Å². The first-order valence-corrected chi connectivity index (χ1v) is 9.34. The molecule has 0 bridgehead atoms. The Hall–Kier alpha value is 1.71. The van der Waals surface area contributed by atoms with Gasteiger partial charge < -0.3 is 0 Å². The minimum absolute atomic E-state index is 0.750. The van der Waals surface area contributed by atoms with E-state index in [2.05, 4.69) is 0 Å². The van der Waals surface area contributed by atoms with Crippen molar-refractivity contribution in [3.8, 4) is 0 Å². The third kappa shape index (κ3) is 17.3. The average Bonchev–Trinajstić information content (AvgIpc) is 1.72. The normalized spacial score (nSPS) is 3.17. The molecule has 0 N–H and O–H groups in total. The van der Waals surface area contributed by atoms with E-state index in [1.54, 1.807) is 0 Å². The Morgan fingerprint density at radius 3 is 1.67 bits per heavy atom. The van der Waals surface area contributed by atoms with Crippen LogP contribution in [-0.2, 0) is 29.1 Å². The van der Waals surface area contributed by atoms with Crippen LogP contribution in [0.25, 0.3) is 0 Å². The van der Waals surface area contributed by atoms with Crippen LogP contribution >= 0.6 is 0 Å². The van der Waals surface area contributed by atoms with E-state index < -0.39 is 40.4 Å². The second kappa shape index (κ2) is 15.9. The number of hydrogen-bond acceptors (Lipinski definition) is 3. The molecular weight excluding hydrogens is 264 g/mol. The summed E-state index contributed by atoms with van der Waals surface area (Å²) in [5.74, 6) is 0. The summed E-state index contributed by atoms with van der Waals surface area (Å²) in [7, 11) is 0. The fourth-order valence-electron chi connectivity index (χ4n) is 0. The van der Waals surface area contributed by atoms with Crippen LogP contribution in [0.4, 0.5) is 0 Å². The molecule has 0 saturated carbocycles. The summed E-state index contributed by atoms with van der Waals surface area (Å²) in [5.41, 5.74) is 0. The Morgan fingerprint density at radius 2 is 1.67 bits per heavy atom. The molecule has 0 radical (unpaired) electrons. The zero-order chi connectivity index (χ0) is 5.41. The third-order valence-corrected chi connectivity index (χ3v) is 1.05. The van der Waals surface area contributed by atoms with Crippen LogP contribution in [-0.4, -0.2) is 3.83 Å². The summed E-state index contributed by atoms with van der Waals surface area (Å²) in [6.07, 6.45) is 0. The van der Waals surface area contributed by atoms with E-state index in [0.29, 0.717) is 0 Å². The number of rotatable bonds is 1. The van der Waals surface area contributed by atoms with Crippen molar-refractivity contribution in [2.75, 3.05) is 0 Å². The van der Waals surface area contributed by atoms with E-state index in [0.717, 1.165) is 20.4 Å². The van der Waals surface area contributed by atoms with Gasteiger partial charge >= 0.3 is 69.5 Å². The monoisotopic (exact) mass is 265 g/mol. The molecule has 3 nitrogen and oxygen atoms in total. The predicted octanol–water partition coefficient (Wildman–Crippen LogP) is -1.01. The van der Waals surface area contributed by atoms with Crippen molar-refractivity contribution in [1.82, 2.24) is 0 Å². The molecule has 0 saturated heterocycles. The molecule has 6 heteroatoms. The summed E-state index contributed by atoms with van der Waals surface area (Å²) < 4.78 is 25.8. The molecule has 0 aromatic rings. The maximum absolute atomic E-state index is 9.22. The molecule has 6 heavy (non-hydrogen) atoms. The van der Waals surface area contributed by atoms with Gasteiger partial charge in [0.25, 0.3) is 0 Å². The molecule has 31 valence electrons. The molecule has 0 heterocycles. The van der Waals surface area contributed by atoms with Gasteiger partial charge in [-0.1, -0.05) is 0 Å². The van der Waals surface area contributed by atoms with E-state index in [-0.39, 0.29) is 0 Å². The van der Waals surface area contributed by atoms with E-state index in [9.17, 15) is 0.938 Å². The van der Waals surface area contributed by atoms with Crippen molar-refractivity contribution in [3.05, 3.63) is 0 Å². The molecule has 0 spiro atoms. The first kappa shape index (κ1) is 10.6.